The number of methoxy groups -OCH3 is 2. The third-order valence-corrected chi connectivity index (χ3v) is 6.61. The predicted molar refractivity (Wildman–Crippen MR) is 116 cm³/mol. The molecule has 0 bridgehead atoms. The second-order valence-electron chi connectivity index (χ2n) is 7.37. The van der Waals surface area contributed by atoms with Crippen LogP contribution in [-0.4, -0.2) is 59.2 Å². The van der Waals surface area contributed by atoms with Gasteiger partial charge in [0.2, 0.25) is 10.0 Å². The first-order chi connectivity index (χ1) is 14.8. The number of carbonyl (C=O) groups is 1. The van der Waals surface area contributed by atoms with E-state index in [2.05, 4.69) is 4.72 Å². The summed E-state index contributed by atoms with van der Waals surface area (Å²) in [6, 6.07) is 10.8. The number of carbonyl (C=O) groups excluding carboxylic acids is 1. The summed E-state index contributed by atoms with van der Waals surface area (Å²) in [6.45, 7) is 3.18. The van der Waals surface area contributed by atoms with Gasteiger partial charge >= 0.3 is 0 Å². The lowest BCUT2D eigenvalue weighted by atomic mass is 10.1. The highest BCUT2D eigenvalue weighted by molar-refractivity contribution is 7.89. The highest BCUT2D eigenvalue weighted by atomic mass is 32.2. The molecule has 8 nitrogen and oxygen atoms in total. The van der Waals surface area contributed by atoms with E-state index in [0.29, 0.717) is 30.3 Å². The molecule has 0 aromatic heterocycles. The molecule has 1 saturated heterocycles. The van der Waals surface area contributed by atoms with Crippen molar-refractivity contribution in [2.75, 3.05) is 33.9 Å². The Balaban J connectivity index is 1.69. The lowest BCUT2D eigenvalue weighted by Gasteiger charge is -2.19. The molecule has 1 N–H and O–H groups in total. The fourth-order valence-corrected chi connectivity index (χ4v) is 4.63. The molecule has 2 aromatic rings. The largest absolute Gasteiger partial charge is 0.497 e. The van der Waals surface area contributed by atoms with Crippen LogP contribution in [0.3, 0.4) is 0 Å². The molecule has 0 saturated carbocycles. The Labute approximate surface area is 183 Å². The Bertz CT molecular complexity index is 1000. The van der Waals surface area contributed by atoms with Gasteiger partial charge in [0, 0.05) is 13.1 Å². The van der Waals surface area contributed by atoms with Crippen LogP contribution >= 0.6 is 0 Å². The van der Waals surface area contributed by atoms with E-state index in [0.717, 1.165) is 12.8 Å². The number of nitrogens with one attached hydrogen (secondary N) is 1. The second-order valence-corrected chi connectivity index (χ2v) is 9.08. The van der Waals surface area contributed by atoms with E-state index in [-0.39, 0.29) is 23.0 Å². The lowest BCUT2D eigenvalue weighted by molar-refractivity contribution is 0.0789. The number of hydrogen-bond acceptors (Lipinski definition) is 6. The minimum absolute atomic E-state index is 0.00662. The van der Waals surface area contributed by atoms with Gasteiger partial charge < -0.3 is 19.1 Å². The molecule has 1 amide bonds. The van der Waals surface area contributed by atoms with Crippen molar-refractivity contribution in [3.05, 3.63) is 48.0 Å². The van der Waals surface area contributed by atoms with Gasteiger partial charge in [-0.3, -0.25) is 4.79 Å². The quantitative estimate of drug-likeness (QED) is 0.634. The number of likely N-dealkylation sites (tertiary alicyclic amines) is 1. The van der Waals surface area contributed by atoms with Crippen LogP contribution in [0.2, 0.25) is 0 Å². The van der Waals surface area contributed by atoms with Crippen molar-refractivity contribution in [1.29, 1.82) is 0 Å². The minimum Gasteiger partial charge on any atom is -0.497 e. The molecule has 2 aromatic carbocycles. The summed E-state index contributed by atoms with van der Waals surface area (Å²) in [6.07, 6.45) is 1.89. The summed E-state index contributed by atoms with van der Waals surface area (Å²) in [5, 5.41) is 0. The van der Waals surface area contributed by atoms with Crippen LogP contribution < -0.4 is 18.9 Å². The highest BCUT2D eigenvalue weighted by Crippen LogP contribution is 2.25. The van der Waals surface area contributed by atoms with Crippen LogP contribution in [0.4, 0.5) is 0 Å². The van der Waals surface area contributed by atoms with Gasteiger partial charge in [0.25, 0.3) is 5.91 Å². The molecule has 0 radical (unpaired) electrons. The van der Waals surface area contributed by atoms with Gasteiger partial charge in [-0.1, -0.05) is 0 Å². The van der Waals surface area contributed by atoms with Gasteiger partial charge in [0.05, 0.1) is 30.7 Å². The maximum absolute atomic E-state index is 12.9. The fourth-order valence-electron chi connectivity index (χ4n) is 3.37. The van der Waals surface area contributed by atoms with Crippen molar-refractivity contribution in [1.82, 2.24) is 9.62 Å². The van der Waals surface area contributed by atoms with Crippen molar-refractivity contribution in [2.45, 2.75) is 30.7 Å². The van der Waals surface area contributed by atoms with E-state index in [9.17, 15) is 13.2 Å². The number of rotatable bonds is 9. The van der Waals surface area contributed by atoms with Gasteiger partial charge in [-0.25, -0.2) is 13.1 Å². The zero-order chi connectivity index (χ0) is 22.4. The van der Waals surface area contributed by atoms with Crippen LogP contribution in [0, 0.1) is 0 Å². The molecular formula is C22H28N2O6S. The molecule has 9 heteroatoms. The maximum Gasteiger partial charge on any atom is 0.257 e. The summed E-state index contributed by atoms with van der Waals surface area (Å²) in [5.41, 5.74) is 0.245. The number of amides is 1. The van der Waals surface area contributed by atoms with Crippen LogP contribution in [0.5, 0.6) is 17.2 Å². The average molecular weight is 449 g/mol. The van der Waals surface area contributed by atoms with Crippen molar-refractivity contribution in [2.24, 2.45) is 0 Å². The van der Waals surface area contributed by atoms with E-state index in [1.165, 1.54) is 25.3 Å². The minimum atomic E-state index is -3.86. The number of benzene rings is 2. The molecule has 0 aliphatic carbocycles. The molecule has 1 heterocycles. The van der Waals surface area contributed by atoms with Gasteiger partial charge in [0.1, 0.15) is 23.9 Å². The fraction of sp³-hybridized carbons (Fsp3) is 0.409. The van der Waals surface area contributed by atoms with Crippen LogP contribution in [0.25, 0.3) is 0 Å². The van der Waals surface area contributed by atoms with Crippen LogP contribution in [-0.2, 0) is 10.0 Å². The van der Waals surface area contributed by atoms with Gasteiger partial charge in [-0.2, -0.15) is 0 Å². The Hall–Kier alpha value is -2.78. The second kappa shape index (κ2) is 10.0. The number of ether oxygens (including phenoxy) is 3. The Kier molecular flexibility index (Phi) is 7.40. The van der Waals surface area contributed by atoms with E-state index in [1.807, 2.05) is 0 Å². The van der Waals surface area contributed by atoms with E-state index >= 15 is 0 Å². The summed E-state index contributed by atoms with van der Waals surface area (Å²) in [7, 11) is -0.817. The summed E-state index contributed by atoms with van der Waals surface area (Å²) in [4.78, 5) is 14.6. The van der Waals surface area contributed by atoms with Crippen LogP contribution in [0.1, 0.15) is 30.1 Å². The van der Waals surface area contributed by atoms with Gasteiger partial charge in [-0.05, 0) is 62.2 Å². The lowest BCUT2D eigenvalue weighted by Crippen LogP contribution is -2.37. The molecule has 168 valence electrons. The van der Waals surface area contributed by atoms with Crippen molar-refractivity contribution in [3.8, 4) is 17.2 Å². The van der Waals surface area contributed by atoms with Gasteiger partial charge in [0.15, 0.2) is 0 Å². The number of nitrogens with zero attached hydrogens (tertiary/aromatic N) is 1. The zero-order valence-corrected chi connectivity index (χ0v) is 18.8. The molecule has 0 unspecified atom stereocenters. The SMILES string of the molecule is COc1ccc(OC[C@H](C)NS(=O)(=O)c2ccc(OC)c(C(=O)N3CCCC3)c2)cc1. The highest BCUT2D eigenvalue weighted by Gasteiger charge is 2.26. The van der Waals surface area contributed by atoms with Crippen molar-refractivity contribution >= 4 is 15.9 Å². The first-order valence-corrected chi connectivity index (χ1v) is 11.6. The summed E-state index contributed by atoms with van der Waals surface area (Å²) < 4.78 is 44.4. The molecule has 1 aliphatic rings. The summed E-state index contributed by atoms with van der Waals surface area (Å²) >= 11 is 0. The Morgan fingerprint density at radius 2 is 1.68 bits per heavy atom. The zero-order valence-electron chi connectivity index (χ0n) is 18.0. The molecule has 3 rings (SSSR count). The van der Waals surface area contributed by atoms with E-state index in [4.69, 9.17) is 14.2 Å². The monoisotopic (exact) mass is 448 g/mol. The van der Waals surface area contributed by atoms with Crippen molar-refractivity contribution < 1.29 is 27.4 Å². The number of sulfonamides is 1. The molecule has 1 fully saturated rings. The predicted octanol–water partition coefficient (Wildman–Crippen LogP) is 2.69. The molecule has 31 heavy (non-hydrogen) atoms. The smallest absolute Gasteiger partial charge is 0.257 e. The Morgan fingerprint density at radius 3 is 2.29 bits per heavy atom. The number of hydrogen-bond donors (Lipinski definition) is 1. The third-order valence-electron chi connectivity index (χ3n) is 5.02. The van der Waals surface area contributed by atoms with Crippen LogP contribution in [0.15, 0.2) is 47.4 Å². The first kappa shape index (κ1) is 22.9. The molecule has 0 spiro atoms. The maximum atomic E-state index is 12.9. The molecule has 1 aliphatic heterocycles. The molecular weight excluding hydrogens is 420 g/mol. The standard InChI is InChI=1S/C22H28N2O6S/c1-16(15-30-18-8-6-17(28-2)7-9-18)23-31(26,27)19-10-11-21(29-3)20(14-19)22(25)24-12-4-5-13-24/h6-11,14,16,23H,4-5,12-13,15H2,1-3H3/t16-/m0/s1. The third kappa shape index (κ3) is 5.68. The Morgan fingerprint density at radius 1 is 1.03 bits per heavy atom. The topological polar surface area (TPSA) is 94.2 Å². The molecule has 1 atom stereocenters. The normalized spacial score (nSPS) is 14.9. The van der Waals surface area contributed by atoms with Gasteiger partial charge in [-0.15, -0.1) is 0 Å². The summed E-state index contributed by atoms with van der Waals surface area (Å²) in [5.74, 6) is 1.45. The van der Waals surface area contributed by atoms with E-state index in [1.54, 1.807) is 43.2 Å². The van der Waals surface area contributed by atoms with E-state index < -0.39 is 16.1 Å². The van der Waals surface area contributed by atoms with Crippen molar-refractivity contribution in [3.63, 3.8) is 0 Å². The first-order valence-electron chi connectivity index (χ1n) is 10.1. The average Bonchev–Trinajstić information content (AvgIpc) is 3.31.